The number of nitrogens with zero attached hydrogens (tertiary/aromatic N) is 2. The van der Waals surface area contributed by atoms with E-state index in [2.05, 4.69) is 9.62 Å². The summed E-state index contributed by atoms with van der Waals surface area (Å²) in [5.41, 5.74) is 1.46. The van der Waals surface area contributed by atoms with Gasteiger partial charge in [-0.05, 0) is 68.1 Å². The van der Waals surface area contributed by atoms with Crippen LogP contribution < -0.4 is 14.2 Å². The molecule has 0 saturated carbocycles. The smallest absolute Gasteiger partial charge is 0.262 e. The second kappa shape index (κ2) is 13.1. The van der Waals surface area contributed by atoms with Crippen LogP contribution >= 0.6 is 11.6 Å². The number of likely N-dealkylation sites (N-methyl/N-ethyl adjacent to an activating group) is 1. The number of nitrogens with one attached hydrogen (secondary N) is 1. The Kier molecular flexibility index (Phi) is 9.80. The van der Waals surface area contributed by atoms with E-state index in [0.29, 0.717) is 24.7 Å². The number of para-hydroxylation sites is 1. The maximum atomic E-state index is 13.7. The number of benzene rings is 3. The number of hydrogen-bond acceptors (Lipinski definition) is 7. The molecule has 0 fully saturated rings. The summed E-state index contributed by atoms with van der Waals surface area (Å²) in [6, 6.07) is 18.0. The van der Waals surface area contributed by atoms with E-state index in [0.717, 1.165) is 11.3 Å². The molecular weight excluding hydrogens is 566 g/mol. The molecule has 11 heteroatoms. The highest BCUT2D eigenvalue weighted by atomic mass is 35.5. The van der Waals surface area contributed by atoms with Crippen molar-refractivity contribution in [3.63, 3.8) is 0 Å². The second-order valence-electron chi connectivity index (χ2n) is 10.4. The maximum Gasteiger partial charge on any atom is 0.262 e. The van der Waals surface area contributed by atoms with Crippen molar-refractivity contribution in [3.8, 4) is 11.5 Å². The van der Waals surface area contributed by atoms with E-state index in [4.69, 9.17) is 21.1 Å². The van der Waals surface area contributed by atoms with Crippen LogP contribution in [0.5, 0.6) is 11.5 Å². The number of anilines is 1. The Morgan fingerprint density at radius 1 is 1.15 bits per heavy atom. The normalized spacial score (nSPS) is 18.2. The van der Waals surface area contributed by atoms with Crippen LogP contribution in [-0.2, 0) is 16.6 Å². The van der Waals surface area contributed by atoms with E-state index in [9.17, 15) is 18.3 Å². The van der Waals surface area contributed by atoms with Crippen LogP contribution in [0.15, 0.2) is 71.6 Å². The molecule has 0 radical (unpaired) electrons. The van der Waals surface area contributed by atoms with Gasteiger partial charge in [-0.25, -0.2) is 8.42 Å². The number of amides is 1. The van der Waals surface area contributed by atoms with Gasteiger partial charge in [0.1, 0.15) is 11.9 Å². The number of fused-ring (bicyclic) bond motifs is 1. The lowest BCUT2D eigenvalue weighted by Crippen LogP contribution is -2.49. The minimum absolute atomic E-state index is 0.0244. The SMILES string of the molecule is COc1ccc(CN(C)C[C@@H]2Oc3c(NS(=O)(=O)c4ccc(Cl)cc4)cccc3C(=O)N([C@@H](C)CO)C[C@H]2C)cc1. The first-order chi connectivity index (χ1) is 19.5. The van der Waals surface area contributed by atoms with E-state index in [1.54, 1.807) is 37.1 Å². The van der Waals surface area contributed by atoms with E-state index < -0.39 is 22.2 Å². The zero-order chi connectivity index (χ0) is 29.7. The molecule has 3 aromatic rings. The highest BCUT2D eigenvalue weighted by Gasteiger charge is 2.35. The van der Waals surface area contributed by atoms with Crippen LogP contribution in [0.2, 0.25) is 5.02 Å². The third kappa shape index (κ3) is 7.32. The number of sulfonamides is 1. The molecule has 4 rings (SSSR count). The summed E-state index contributed by atoms with van der Waals surface area (Å²) in [6.07, 6.45) is -0.403. The molecule has 9 nitrogen and oxygen atoms in total. The molecule has 1 amide bonds. The van der Waals surface area contributed by atoms with E-state index in [1.165, 1.54) is 24.3 Å². The molecule has 3 aromatic carbocycles. The quantitative estimate of drug-likeness (QED) is 0.352. The van der Waals surface area contributed by atoms with Gasteiger partial charge in [0.2, 0.25) is 0 Å². The van der Waals surface area contributed by atoms with Crippen molar-refractivity contribution in [1.82, 2.24) is 9.80 Å². The summed E-state index contributed by atoms with van der Waals surface area (Å²) in [5.74, 6) is 0.451. The summed E-state index contributed by atoms with van der Waals surface area (Å²) in [4.78, 5) is 17.5. The number of rotatable bonds is 10. The minimum atomic E-state index is -4.01. The van der Waals surface area contributed by atoms with Gasteiger partial charge >= 0.3 is 0 Å². The van der Waals surface area contributed by atoms with E-state index in [-0.39, 0.29) is 40.3 Å². The van der Waals surface area contributed by atoms with Crippen molar-refractivity contribution in [2.45, 2.75) is 37.4 Å². The van der Waals surface area contributed by atoms with Gasteiger partial charge in [-0.2, -0.15) is 0 Å². The molecule has 0 unspecified atom stereocenters. The predicted octanol–water partition coefficient (Wildman–Crippen LogP) is 4.50. The minimum Gasteiger partial charge on any atom is -0.497 e. The lowest BCUT2D eigenvalue weighted by Gasteiger charge is -2.38. The van der Waals surface area contributed by atoms with E-state index >= 15 is 0 Å². The van der Waals surface area contributed by atoms with Crippen molar-refractivity contribution < 1.29 is 27.8 Å². The van der Waals surface area contributed by atoms with Gasteiger partial charge in [0.15, 0.2) is 5.75 Å². The fourth-order valence-corrected chi connectivity index (χ4v) is 5.96. The Morgan fingerprint density at radius 3 is 2.46 bits per heavy atom. The molecule has 1 aliphatic heterocycles. The lowest BCUT2D eigenvalue weighted by atomic mass is 9.99. The molecule has 0 aliphatic carbocycles. The van der Waals surface area contributed by atoms with Crippen LogP contribution in [0.25, 0.3) is 0 Å². The van der Waals surface area contributed by atoms with Crippen LogP contribution in [0, 0.1) is 5.92 Å². The molecule has 41 heavy (non-hydrogen) atoms. The third-order valence-corrected chi connectivity index (χ3v) is 8.80. The molecule has 220 valence electrons. The Labute approximate surface area is 246 Å². The van der Waals surface area contributed by atoms with Crippen LogP contribution in [0.3, 0.4) is 0 Å². The largest absolute Gasteiger partial charge is 0.497 e. The van der Waals surface area contributed by atoms with Crippen molar-refractivity contribution in [3.05, 3.63) is 82.9 Å². The second-order valence-corrected chi connectivity index (χ2v) is 12.5. The molecule has 0 aromatic heterocycles. The average molecular weight is 602 g/mol. The average Bonchev–Trinajstić information content (AvgIpc) is 2.95. The number of aliphatic hydroxyl groups excluding tert-OH is 1. The number of halogens is 1. The van der Waals surface area contributed by atoms with Crippen molar-refractivity contribution in [2.24, 2.45) is 5.92 Å². The number of ether oxygens (including phenoxy) is 2. The molecule has 1 heterocycles. The zero-order valence-corrected chi connectivity index (χ0v) is 25.2. The first-order valence-electron chi connectivity index (χ1n) is 13.3. The fourth-order valence-electron chi connectivity index (χ4n) is 4.77. The van der Waals surface area contributed by atoms with Crippen LogP contribution in [-0.4, -0.2) is 75.2 Å². The first-order valence-corrected chi connectivity index (χ1v) is 15.2. The number of carbonyl (C=O) groups excluding carboxylic acids is 1. The standard InChI is InChI=1S/C30H36ClN3O6S/c1-20-16-34(21(2)19-35)30(36)26-6-5-7-27(32-41(37,38)25-14-10-23(31)11-15-25)29(26)40-28(20)18-33(3)17-22-8-12-24(39-4)13-9-22/h5-15,20-21,28,32,35H,16-19H2,1-4H3/t20-,21+,28+/m1/s1. The number of hydrogen-bond donors (Lipinski definition) is 2. The van der Waals surface area contributed by atoms with Crippen molar-refractivity contribution in [2.75, 3.05) is 38.6 Å². The van der Waals surface area contributed by atoms with Crippen molar-refractivity contribution >= 4 is 33.2 Å². The monoisotopic (exact) mass is 601 g/mol. The van der Waals surface area contributed by atoms with Gasteiger partial charge in [0, 0.05) is 30.6 Å². The molecule has 0 spiro atoms. The summed E-state index contributed by atoms with van der Waals surface area (Å²) in [5, 5.41) is 10.3. The van der Waals surface area contributed by atoms with Gasteiger partial charge in [-0.15, -0.1) is 0 Å². The van der Waals surface area contributed by atoms with Gasteiger partial charge in [0.25, 0.3) is 15.9 Å². The Bertz CT molecular complexity index is 1450. The molecule has 0 bridgehead atoms. The topological polar surface area (TPSA) is 108 Å². The van der Waals surface area contributed by atoms with Crippen LogP contribution in [0.1, 0.15) is 29.8 Å². The number of carbonyl (C=O) groups is 1. The Hall–Kier alpha value is -3.31. The summed E-state index contributed by atoms with van der Waals surface area (Å²) >= 11 is 5.95. The molecule has 2 N–H and O–H groups in total. The summed E-state index contributed by atoms with van der Waals surface area (Å²) in [7, 11) is -0.404. The molecule has 1 aliphatic rings. The summed E-state index contributed by atoms with van der Waals surface area (Å²) in [6.45, 7) is 5.07. The molecule has 0 saturated heterocycles. The zero-order valence-electron chi connectivity index (χ0n) is 23.6. The highest BCUT2D eigenvalue weighted by molar-refractivity contribution is 7.92. The van der Waals surface area contributed by atoms with E-state index in [1.807, 2.05) is 38.2 Å². The number of methoxy groups -OCH3 is 1. The van der Waals surface area contributed by atoms with Gasteiger partial charge in [-0.3, -0.25) is 14.4 Å². The molecular formula is C30H36ClN3O6S. The molecule has 3 atom stereocenters. The fraction of sp³-hybridized carbons (Fsp3) is 0.367. The van der Waals surface area contributed by atoms with Gasteiger partial charge in [-0.1, -0.05) is 36.7 Å². The predicted molar refractivity (Wildman–Crippen MR) is 159 cm³/mol. The Balaban J connectivity index is 1.68. The van der Waals surface area contributed by atoms with Gasteiger partial charge in [0.05, 0.1) is 35.9 Å². The van der Waals surface area contributed by atoms with Gasteiger partial charge < -0.3 is 19.5 Å². The lowest BCUT2D eigenvalue weighted by molar-refractivity contribution is 0.0344. The third-order valence-electron chi connectivity index (χ3n) is 7.16. The summed E-state index contributed by atoms with van der Waals surface area (Å²) < 4.78 is 40.9. The maximum absolute atomic E-state index is 13.7. The van der Waals surface area contributed by atoms with Crippen LogP contribution in [0.4, 0.5) is 5.69 Å². The first kappa shape index (κ1) is 30.6. The number of aliphatic hydroxyl groups is 1. The Morgan fingerprint density at radius 2 is 1.83 bits per heavy atom. The van der Waals surface area contributed by atoms with Crippen molar-refractivity contribution in [1.29, 1.82) is 0 Å². The highest BCUT2D eigenvalue weighted by Crippen LogP contribution is 2.36.